The van der Waals surface area contributed by atoms with Crippen LogP contribution in [0.25, 0.3) is 5.52 Å². The third-order valence-corrected chi connectivity index (χ3v) is 5.31. The Hall–Kier alpha value is -3.32. The lowest BCUT2D eigenvalue weighted by Gasteiger charge is -2.07. The Labute approximate surface area is 187 Å². The van der Waals surface area contributed by atoms with Crippen LogP contribution in [0, 0.1) is 5.92 Å². The summed E-state index contributed by atoms with van der Waals surface area (Å²) in [6.45, 7) is 2.27. The minimum absolute atomic E-state index is 0.104. The van der Waals surface area contributed by atoms with Gasteiger partial charge >= 0.3 is 6.09 Å². The molecule has 11 nitrogen and oxygen atoms in total. The zero-order valence-corrected chi connectivity index (χ0v) is 18.1. The second kappa shape index (κ2) is 9.27. The van der Waals surface area contributed by atoms with Crippen LogP contribution in [0.1, 0.15) is 37.3 Å². The summed E-state index contributed by atoms with van der Waals surface area (Å²) in [6, 6.07) is 3.73. The van der Waals surface area contributed by atoms with E-state index in [9.17, 15) is 13.6 Å². The number of nitrogens with one attached hydrogen (secondary N) is 2. The quantitative estimate of drug-likeness (QED) is 0.505. The average molecular weight is 465 g/mol. The molecule has 3 aromatic rings. The van der Waals surface area contributed by atoms with Crippen molar-refractivity contribution in [3.63, 3.8) is 0 Å². The topological polar surface area (TPSA) is 142 Å². The lowest BCUT2D eigenvalue weighted by Crippen LogP contribution is -2.22. The molecule has 4 N–H and O–H groups in total. The van der Waals surface area contributed by atoms with Gasteiger partial charge in [-0.2, -0.15) is 10.2 Å². The smallest absolute Gasteiger partial charge is 0.404 e. The van der Waals surface area contributed by atoms with E-state index < -0.39 is 12.0 Å². The Morgan fingerprint density at radius 1 is 1.45 bits per heavy atom. The molecule has 0 aromatic carbocycles. The molecule has 1 saturated carbocycles. The van der Waals surface area contributed by atoms with Crippen LogP contribution in [0.4, 0.5) is 25.2 Å². The van der Waals surface area contributed by atoms with Gasteiger partial charge in [-0.1, -0.05) is 6.92 Å². The molecule has 4 heterocycles. The number of carbonyl (C=O) groups excluding carboxylic acids is 1. The fourth-order valence-corrected chi connectivity index (χ4v) is 3.39. The van der Waals surface area contributed by atoms with E-state index in [-0.39, 0.29) is 24.5 Å². The number of amides is 1. The van der Waals surface area contributed by atoms with Crippen molar-refractivity contribution in [3.05, 3.63) is 35.9 Å². The van der Waals surface area contributed by atoms with E-state index in [1.54, 1.807) is 30.9 Å². The van der Waals surface area contributed by atoms with Gasteiger partial charge < -0.3 is 25.3 Å². The molecule has 0 spiro atoms. The summed E-state index contributed by atoms with van der Waals surface area (Å²) in [4.78, 5) is 15.2. The predicted molar refractivity (Wildman–Crippen MR) is 112 cm³/mol. The number of primary amides is 1. The molecule has 1 aliphatic heterocycles. The Morgan fingerprint density at radius 3 is 2.88 bits per heavy atom. The lowest BCUT2D eigenvalue weighted by molar-refractivity contribution is 0.0730. The van der Waals surface area contributed by atoms with Gasteiger partial charge in [0.05, 0.1) is 24.6 Å². The van der Waals surface area contributed by atoms with Gasteiger partial charge in [0.2, 0.25) is 0 Å². The first-order valence-corrected chi connectivity index (χ1v) is 10.3. The Bertz CT molecular complexity index is 1120. The maximum Gasteiger partial charge on any atom is 0.404 e. The lowest BCUT2D eigenvalue weighted by atomic mass is 10.1. The highest BCUT2D eigenvalue weighted by atomic mass is 19.3. The fraction of sp³-hybridized carbons (Fsp3) is 0.500. The van der Waals surface area contributed by atoms with E-state index in [4.69, 9.17) is 19.9 Å². The summed E-state index contributed by atoms with van der Waals surface area (Å²) in [6.07, 6.45) is 2.63. The molecule has 2 aliphatic rings. The van der Waals surface area contributed by atoms with Crippen LogP contribution in [-0.4, -0.2) is 56.6 Å². The number of methoxy groups -OCH3 is 1. The number of nitrogens with two attached hydrogens (primary N) is 1. The van der Waals surface area contributed by atoms with E-state index >= 15 is 0 Å². The third-order valence-electron chi connectivity index (χ3n) is 5.31. The second-order valence-corrected chi connectivity index (χ2v) is 7.99. The maximum absolute atomic E-state index is 11.5. The van der Waals surface area contributed by atoms with Gasteiger partial charge in [-0.3, -0.25) is 5.10 Å². The third kappa shape index (κ3) is 5.54. The molecular weight excluding hydrogens is 440 g/mol. The number of hydrogen-bond donors (Lipinski definition) is 3. The van der Waals surface area contributed by atoms with Crippen molar-refractivity contribution in [3.8, 4) is 0 Å². The summed E-state index contributed by atoms with van der Waals surface area (Å²) in [7, 11) is 1.62. The number of carbonyl (C=O) groups is 1. The Morgan fingerprint density at radius 2 is 2.21 bits per heavy atom. The first-order chi connectivity index (χ1) is 15.7. The minimum Gasteiger partial charge on any atom is -0.444 e. The Kier molecular flexibility index (Phi) is 6.42. The first kappa shape index (κ1) is 22.9. The van der Waals surface area contributed by atoms with E-state index in [0.717, 1.165) is 16.9 Å². The van der Waals surface area contributed by atoms with Gasteiger partial charge in [0, 0.05) is 44.3 Å². The maximum atomic E-state index is 11.5. The summed E-state index contributed by atoms with van der Waals surface area (Å²) < 4.78 is 40.5. The van der Waals surface area contributed by atoms with Crippen molar-refractivity contribution in [2.24, 2.45) is 11.7 Å². The number of nitrogens with zero attached hydrogens (tertiary/aromatic N) is 4. The molecule has 13 heteroatoms. The number of anilines is 2. The number of rotatable bonds is 6. The Balaban J connectivity index is 0.000000376. The molecule has 3 unspecified atom stereocenters. The van der Waals surface area contributed by atoms with Gasteiger partial charge in [0.1, 0.15) is 17.7 Å². The summed E-state index contributed by atoms with van der Waals surface area (Å²) in [5, 5.41) is 14.8. The molecule has 0 radical (unpaired) electrons. The molecule has 1 amide bonds. The molecule has 178 valence electrons. The minimum atomic E-state index is -2.29. The van der Waals surface area contributed by atoms with E-state index in [1.807, 2.05) is 12.1 Å². The number of halogens is 2. The molecule has 5 rings (SSSR count). The standard InChI is InChI=1S/C16H19N7O4.C4H6F2/c1-25-7-9-4-12-15(18-2-3-23(12)22-9)19-14-6-11(20-21-14)13-5-10(8-26-13)27-16(17)24;1-3-2-4(3,5)6/h2-4,6,10,13H,5,7-8H2,1H3,(H2,17,24)(H2,18,19,20,21);3H,2H2,1H3. The number of aromatic nitrogens is 5. The molecule has 33 heavy (non-hydrogen) atoms. The number of H-pyrrole nitrogens is 1. The van der Waals surface area contributed by atoms with Crippen LogP contribution in [0.15, 0.2) is 24.5 Å². The van der Waals surface area contributed by atoms with Gasteiger partial charge in [0.25, 0.3) is 5.92 Å². The predicted octanol–water partition coefficient (Wildman–Crippen LogP) is 2.93. The monoisotopic (exact) mass is 465 g/mol. The first-order valence-electron chi connectivity index (χ1n) is 10.3. The average Bonchev–Trinajstić information content (AvgIpc) is 3.26. The SMILES string of the molecule is CC1CC1(F)F.COCc1cc2c(Nc3cc(C4CC(OC(N)=O)CO4)[nH]n3)nccn2n1. The van der Waals surface area contributed by atoms with Gasteiger partial charge in [0.15, 0.2) is 11.6 Å². The van der Waals surface area contributed by atoms with E-state index in [0.29, 0.717) is 31.3 Å². The number of ether oxygens (including phenoxy) is 3. The van der Waals surface area contributed by atoms with E-state index in [2.05, 4.69) is 25.6 Å². The molecule has 3 atom stereocenters. The van der Waals surface area contributed by atoms with Gasteiger partial charge in [-0.05, 0) is 6.07 Å². The number of hydrogen-bond acceptors (Lipinski definition) is 8. The molecule has 2 fully saturated rings. The van der Waals surface area contributed by atoms with Crippen molar-refractivity contribution in [2.75, 3.05) is 19.0 Å². The molecule has 1 saturated heterocycles. The number of fused-ring (bicyclic) bond motifs is 1. The van der Waals surface area contributed by atoms with Crippen LogP contribution in [0.2, 0.25) is 0 Å². The van der Waals surface area contributed by atoms with Gasteiger partial charge in [-0.15, -0.1) is 0 Å². The largest absolute Gasteiger partial charge is 0.444 e. The van der Waals surface area contributed by atoms with Gasteiger partial charge in [-0.25, -0.2) is 23.1 Å². The zero-order valence-electron chi connectivity index (χ0n) is 18.1. The van der Waals surface area contributed by atoms with Crippen molar-refractivity contribution >= 4 is 23.2 Å². The highest BCUT2D eigenvalue weighted by molar-refractivity contribution is 5.72. The molecule has 0 bridgehead atoms. The van der Waals surface area contributed by atoms with Crippen LogP contribution in [-0.2, 0) is 20.8 Å². The van der Waals surface area contributed by atoms with Crippen LogP contribution < -0.4 is 11.1 Å². The molecular formula is C20H25F2N7O4. The number of alkyl halides is 2. The normalized spacial score (nSPS) is 23.1. The molecule has 1 aliphatic carbocycles. The highest BCUT2D eigenvalue weighted by Crippen LogP contribution is 2.47. The van der Waals surface area contributed by atoms with Crippen LogP contribution >= 0.6 is 0 Å². The highest BCUT2D eigenvalue weighted by Gasteiger charge is 2.53. The molecule has 3 aromatic heterocycles. The fourth-order valence-electron chi connectivity index (χ4n) is 3.39. The summed E-state index contributed by atoms with van der Waals surface area (Å²) in [5.41, 5.74) is 7.42. The number of aromatic amines is 1. The van der Waals surface area contributed by atoms with Crippen molar-refractivity contribution in [2.45, 2.75) is 44.5 Å². The van der Waals surface area contributed by atoms with Crippen molar-refractivity contribution < 1.29 is 27.8 Å². The van der Waals surface area contributed by atoms with E-state index in [1.165, 1.54) is 0 Å². The van der Waals surface area contributed by atoms with Crippen LogP contribution in [0.3, 0.4) is 0 Å². The second-order valence-electron chi connectivity index (χ2n) is 7.99. The summed E-state index contributed by atoms with van der Waals surface area (Å²) >= 11 is 0. The van der Waals surface area contributed by atoms with Crippen molar-refractivity contribution in [1.82, 2.24) is 24.8 Å². The zero-order chi connectivity index (χ0) is 23.6. The van der Waals surface area contributed by atoms with Crippen molar-refractivity contribution in [1.29, 1.82) is 0 Å². The van der Waals surface area contributed by atoms with Crippen LogP contribution in [0.5, 0.6) is 0 Å². The summed E-state index contributed by atoms with van der Waals surface area (Å²) in [5.74, 6) is -1.42.